The summed E-state index contributed by atoms with van der Waals surface area (Å²) in [4.78, 5) is 13.8. The van der Waals surface area contributed by atoms with Crippen LogP contribution in [0.5, 0.6) is 0 Å². The average Bonchev–Trinajstić information content (AvgIpc) is 2.56. The highest BCUT2D eigenvalue weighted by atomic mass is 35.5. The number of alkyl halides is 1. The van der Waals surface area contributed by atoms with Gasteiger partial charge < -0.3 is 14.4 Å². The first-order valence-electron chi connectivity index (χ1n) is 7.71. The van der Waals surface area contributed by atoms with Crippen molar-refractivity contribution in [2.45, 2.75) is 31.9 Å². The van der Waals surface area contributed by atoms with E-state index in [9.17, 15) is 9.18 Å². The van der Waals surface area contributed by atoms with Gasteiger partial charge in [0.25, 0.3) is 0 Å². The molecule has 1 unspecified atom stereocenters. The predicted molar refractivity (Wildman–Crippen MR) is 87.1 cm³/mol. The fourth-order valence-corrected chi connectivity index (χ4v) is 3.00. The number of carbonyl (C=O) groups is 1. The Bertz CT molecular complexity index is 547. The van der Waals surface area contributed by atoms with Crippen molar-refractivity contribution in [1.82, 2.24) is 4.90 Å². The Labute approximate surface area is 141 Å². The summed E-state index contributed by atoms with van der Waals surface area (Å²) in [5.41, 5.74) is 0.758. The summed E-state index contributed by atoms with van der Waals surface area (Å²) < 4.78 is 25.3. The molecule has 1 aromatic rings. The number of nitrogens with zero attached hydrogens (tertiary/aromatic N) is 1. The Morgan fingerprint density at radius 3 is 2.87 bits per heavy atom. The van der Waals surface area contributed by atoms with Crippen LogP contribution in [0.1, 0.15) is 24.0 Å². The molecule has 1 fully saturated rings. The van der Waals surface area contributed by atoms with E-state index in [1.807, 2.05) is 13.0 Å². The van der Waals surface area contributed by atoms with Crippen LogP contribution in [-0.4, -0.2) is 49.2 Å². The van der Waals surface area contributed by atoms with Crippen molar-refractivity contribution in [3.05, 3.63) is 35.1 Å². The van der Waals surface area contributed by atoms with E-state index < -0.39 is 5.60 Å². The number of carbonyl (C=O) groups excluding carboxylic acids is 1. The van der Waals surface area contributed by atoms with Gasteiger partial charge in [-0.05, 0) is 31.4 Å². The Morgan fingerprint density at radius 1 is 1.52 bits per heavy atom. The topological polar surface area (TPSA) is 38.8 Å². The summed E-state index contributed by atoms with van der Waals surface area (Å²) in [7, 11) is 1.62. The van der Waals surface area contributed by atoms with E-state index in [-0.39, 0.29) is 24.1 Å². The van der Waals surface area contributed by atoms with E-state index in [2.05, 4.69) is 0 Å². The number of halogens is 2. The predicted octanol–water partition coefficient (Wildman–Crippen LogP) is 2.90. The van der Waals surface area contributed by atoms with Crippen LogP contribution in [0, 0.1) is 12.7 Å². The van der Waals surface area contributed by atoms with Crippen molar-refractivity contribution in [3.63, 3.8) is 0 Å². The van der Waals surface area contributed by atoms with Crippen molar-refractivity contribution >= 4 is 17.5 Å². The summed E-state index contributed by atoms with van der Waals surface area (Å²) in [6.07, 6.45) is 1.67. The van der Waals surface area contributed by atoms with E-state index in [0.717, 1.165) is 18.4 Å². The average molecular weight is 344 g/mol. The van der Waals surface area contributed by atoms with Crippen molar-refractivity contribution in [2.24, 2.45) is 0 Å². The maximum Gasteiger partial charge on any atom is 0.237 e. The highest BCUT2D eigenvalue weighted by Crippen LogP contribution is 2.25. The highest BCUT2D eigenvalue weighted by Gasteiger charge is 2.36. The zero-order valence-electron chi connectivity index (χ0n) is 13.6. The standard InChI is InChI=1S/C17H23ClFNO3/c1-13-4-5-14(15(19)8-13)10-20(16(21)9-18)11-17(22-2)6-3-7-23-12-17/h4-5,8H,3,6-7,9-12H2,1-2H3. The molecule has 0 aromatic heterocycles. The molecular formula is C17H23ClFNO3. The number of hydrogen-bond acceptors (Lipinski definition) is 3. The molecule has 0 aliphatic carbocycles. The van der Waals surface area contributed by atoms with E-state index in [0.29, 0.717) is 25.3 Å². The Kier molecular flexibility index (Phi) is 6.39. The quantitative estimate of drug-likeness (QED) is 0.745. The van der Waals surface area contributed by atoms with Crippen LogP contribution in [0.3, 0.4) is 0 Å². The van der Waals surface area contributed by atoms with Gasteiger partial charge in [0.1, 0.15) is 17.3 Å². The zero-order valence-corrected chi connectivity index (χ0v) is 14.4. The Morgan fingerprint density at radius 2 is 2.30 bits per heavy atom. The molecule has 1 atom stereocenters. The molecule has 0 saturated carbocycles. The molecule has 0 radical (unpaired) electrons. The molecule has 0 spiro atoms. The normalized spacial score (nSPS) is 21.2. The molecule has 0 N–H and O–H groups in total. The molecule has 0 bridgehead atoms. The molecule has 1 aromatic carbocycles. The van der Waals surface area contributed by atoms with Crippen LogP contribution in [0.2, 0.25) is 0 Å². The maximum atomic E-state index is 14.1. The van der Waals surface area contributed by atoms with Crippen LogP contribution < -0.4 is 0 Å². The molecule has 1 amide bonds. The summed E-state index contributed by atoms with van der Waals surface area (Å²) in [6.45, 7) is 3.45. The van der Waals surface area contributed by atoms with Gasteiger partial charge in [0.15, 0.2) is 0 Å². The number of methoxy groups -OCH3 is 1. The zero-order chi connectivity index (χ0) is 16.9. The van der Waals surface area contributed by atoms with E-state index in [1.54, 1.807) is 18.1 Å². The van der Waals surface area contributed by atoms with Gasteiger partial charge >= 0.3 is 0 Å². The minimum Gasteiger partial charge on any atom is -0.378 e. The number of rotatable bonds is 6. The van der Waals surface area contributed by atoms with Crippen molar-refractivity contribution < 1.29 is 18.7 Å². The number of aryl methyl sites for hydroxylation is 1. The number of amides is 1. The van der Waals surface area contributed by atoms with Crippen LogP contribution in [-0.2, 0) is 20.8 Å². The molecule has 128 valence electrons. The molecule has 6 heteroatoms. The molecule has 1 aliphatic rings. The summed E-state index contributed by atoms with van der Waals surface area (Å²) in [5, 5.41) is 0. The molecule has 4 nitrogen and oxygen atoms in total. The van der Waals surface area contributed by atoms with E-state index >= 15 is 0 Å². The Hall–Kier alpha value is -1.17. The first kappa shape index (κ1) is 18.2. The van der Waals surface area contributed by atoms with Crippen molar-refractivity contribution in [3.8, 4) is 0 Å². The molecule has 2 rings (SSSR count). The summed E-state index contributed by atoms with van der Waals surface area (Å²) in [6, 6.07) is 5.00. The fraction of sp³-hybridized carbons (Fsp3) is 0.588. The van der Waals surface area contributed by atoms with Gasteiger partial charge in [0.2, 0.25) is 5.91 Å². The van der Waals surface area contributed by atoms with Gasteiger partial charge in [-0.15, -0.1) is 11.6 Å². The number of benzene rings is 1. The summed E-state index contributed by atoms with van der Waals surface area (Å²) >= 11 is 5.73. The van der Waals surface area contributed by atoms with Crippen LogP contribution in [0.4, 0.5) is 4.39 Å². The first-order valence-corrected chi connectivity index (χ1v) is 8.25. The maximum absolute atomic E-state index is 14.1. The minimum atomic E-state index is -0.554. The summed E-state index contributed by atoms with van der Waals surface area (Å²) in [5.74, 6) is -0.703. The second kappa shape index (κ2) is 8.08. The van der Waals surface area contributed by atoms with Crippen molar-refractivity contribution in [1.29, 1.82) is 0 Å². The smallest absolute Gasteiger partial charge is 0.237 e. The fourth-order valence-electron chi connectivity index (χ4n) is 2.83. The van der Waals surface area contributed by atoms with E-state index in [1.165, 1.54) is 6.07 Å². The van der Waals surface area contributed by atoms with E-state index in [4.69, 9.17) is 21.1 Å². The lowest BCUT2D eigenvalue weighted by Crippen LogP contribution is -2.51. The van der Waals surface area contributed by atoms with Gasteiger partial charge in [-0.1, -0.05) is 12.1 Å². The molecule has 23 heavy (non-hydrogen) atoms. The lowest BCUT2D eigenvalue weighted by Gasteiger charge is -2.39. The van der Waals surface area contributed by atoms with Crippen molar-refractivity contribution in [2.75, 3.05) is 32.7 Å². The molecule has 1 heterocycles. The van der Waals surface area contributed by atoms with Crippen LogP contribution in [0.15, 0.2) is 18.2 Å². The van der Waals surface area contributed by atoms with Gasteiger partial charge in [0.05, 0.1) is 13.2 Å². The third-order valence-electron chi connectivity index (χ3n) is 4.24. The van der Waals surface area contributed by atoms with Gasteiger partial charge in [-0.2, -0.15) is 0 Å². The minimum absolute atomic E-state index is 0.145. The van der Waals surface area contributed by atoms with Gasteiger partial charge in [0, 0.05) is 25.8 Å². The van der Waals surface area contributed by atoms with Crippen LogP contribution >= 0.6 is 11.6 Å². The van der Waals surface area contributed by atoms with Gasteiger partial charge in [-0.25, -0.2) is 4.39 Å². The molecule has 1 saturated heterocycles. The molecular weight excluding hydrogens is 321 g/mol. The Balaban J connectivity index is 2.17. The lowest BCUT2D eigenvalue weighted by atomic mass is 9.95. The number of ether oxygens (including phenoxy) is 2. The second-order valence-electron chi connectivity index (χ2n) is 6.02. The monoisotopic (exact) mass is 343 g/mol. The third-order valence-corrected chi connectivity index (χ3v) is 4.46. The first-order chi connectivity index (χ1) is 11.0. The van der Waals surface area contributed by atoms with Gasteiger partial charge in [-0.3, -0.25) is 4.79 Å². The largest absolute Gasteiger partial charge is 0.378 e. The SMILES string of the molecule is COC1(CN(Cc2ccc(C)cc2F)C(=O)CCl)CCCOC1. The van der Waals surface area contributed by atoms with Crippen LogP contribution in [0.25, 0.3) is 0 Å². The second-order valence-corrected chi connectivity index (χ2v) is 6.29. The number of hydrogen-bond donors (Lipinski definition) is 0. The third kappa shape index (κ3) is 4.66. The highest BCUT2D eigenvalue weighted by molar-refractivity contribution is 6.27. The molecule has 1 aliphatic heterocycles. The lowest BCUT2D eigenvalue weighted by molar-refractivity contribution is -0.145.